The highest BCUT2D eigenvalue weighted by atomic mass is 35.5. The van der Waals surface area contributed by atoms with Gasteiger partial charge in [0, 0.05) is 11.4 Å². The fourth-order valence-electron chi connectivity index (χ4n) is 3.48. The Morgan fingerprint density at radius 3 is 1.75 bits per heavy atom. The zero-order valence-corrected chi connectivity index (χ0v) is 19.9. The standard InChI is InChI=1S/C27H35ClO4/c1-2-3-4-5-6-7-8-9-12-20-31-26(29)24-13-10-11-14-25(24)27(30)32-21-19-22-15-17-23(28)18-16-22/h10-11,13-18H,2-9,12,19-21H2,1H3. The van der Waals surface area contributed by atoms with Crippen molar-refractivity contribution in [1.29, 1.82) is 0 Å². The van der Waals surface area contributed by atoms with E-state index in [-0.39, 0.29) is 17.7 Å². The Morgan fingerprint density at radius 2 is 1.19 bits per heavy atom. The number of benzene rings is 2. The summed E-state index contributed by atoms with van der Waals surface area (Å²) in [6.07, 6.45) is 11.4. The molecule has 0 aromatic heterocycles. The highest BCUT2D eigenvalue weighted by molar-refractivity contribution is 6.30. The number of hydrogen-bond acceptors (Lipinski definition) is 4. The van der Waals surface area contributed by atoms with Crippen molar-refractivity contribution in [3.63, 3.8) is 0 Å². The summed E-state index contributed by atoms with van der Waals surface area (Å²) in [5.74, 6) is -0.996. The van der Waals surface area contributed by atoms with Gasteiger partial charge in [0.15, 0.2) is 0 Å². The van der Waals surface area contributed by atoms with Gasteiger partial charge in [-0.3, -0.25) is 0 Å². The number of carbonyl (C=O) groups excluding carboxylic acids is 2. The van der Waals surface area contributed by atoms with Crippen molar-refractivity contribution in [2.75, 3.05) is 13.2 Å². The molecule has 0 atom stereocenters. The van der Waals surface area contributed by atoms with Crippen LogP contribution in [0.1, 0.15) is 91.0 Å². The van der Waals surface area contributed by atoms with Crippen LogP contribution in [0.5, 0.6) is 0 Å². The van der Waals surface area contributed by atoms with Crippen LogP contribution in [0.2, 0.25) is 5.02 Å². The van der Waals surface area contributed by atoms with E-state index in [1.54, 1.807) is 36.4 Å². The third-order valence-corrected chi connectivity index (χ3v) is 5.64. The number of unbranched alkanes of at least 4 members (excludes halogenated alkanes) is 8. The first-order chi connectivity index (χ1) is 15.6. The molecule has 0 aliphatic heterocycles. The number of halogens is 1. The van der Waals surface area contributed by atoms with Crippen LogP contribution >= 0.6 is 11.6 Å². The lowest BCUT2D eigenvalue weighted by atomic mass is 10.1. The molecule has 0 bridgehead atoms. The normalized spacial score (nSPS) is 10.7. The summed E-state index contributed by atoms with van der Waals surface area (Å²) >= 11 is 5.88. The third-order valence-electron chi connectivity index (χ3n) is 5.39. The van der Waals surface area contributed by atoms with E-state index in [9.17, 15) is 9.59 Å². The van der Waals surface area contributed by atoms with E-state index in [1.165, 1.54) is 44.9 Å². The first kappa shape index (κ1) is 25.9. The molecule has 0 N–H and O–H groups in total. The van der Waals surface area contributed by atoms with Crippen molar-refractivity contribution in [2.24, 2.45) is 0 Å². The molecule has 0 amide bonds. The van der Waals surface area contributed by atoms with E-state index in [0.29, 0.717) is 18.1 Å². The van der Waals surface area contributed by atoms with Crippen molar-refractivity contribution in [3.8, 4) is 0 Å². The average molecular weight is 459 g/mol. The van der Waals surface area contributed by atoms with Gasteiger partial charge >= 0.3 is 11.9 Å². The second kappa shape index (κ2) is 15.5. The minimum absolute atomic E-state index is 0.224. The monoisotopic (exact) mass is 458 g/mol. The van der Waals surface area contributed by atoms with E-state index in [0.717, 1.165) is 18.4 Å². The van der Waals surface area contributed by atoms with Crippen molar-refractivity contribution in [3.05, 3.63) is 70.2 Å². The summed E-state index contributed by atoms with van der Waals surface area (Å²) in [6.45, 7) is 2.82. The lowest BCUT2D eigenvalue weighted by Gasteiger charge is -2.10. The Balaban J connectivity index is 1.70. The van der Waals surface area contributed by atoms with Crippen LogP contribution < -0.4 is 0 Å². The van der Waals surface area contributed by atoms with E-state index < -0.39 is 11.9 Å². The summed E-state index contributed by atoms with van der Waals surface area (Å²) in [5.41, 5.74) is 1.51. The van der Waals surface area contributed by atoms with Gasteiger partial charge in [-0.25, -0.2) is 9.59 Å². The van der Waals surface area contributed by atoms with Crippen LogP contribution in [0, 0.1) is 0 Å². The molecule has 0 aliphatic rings. The summed E-state index contributed by atoms with van der Waals surface area (Å²) < 4.78 is 10.8. The first-order valence-electron chi connectivity index (χ1n) is 11.8. The topological polar surface area (TPSA) is 52.6 Å². The van der Waals surface area contributed by atoms with Crippen molar-refractivity contribution in [1.82, 2.24) is 0 Å². The fraction of sp³-hybridized carbons (Fsp3) is 0.481. The Morgan fingerprint density at radius 1 is 0.688 bits per heavy atom. The number of carbonyl (C=O) groups is 2. The number of rotatable bonds is 15. The van der Waals surface area contributed by atoms with E-state index >= 15 is 0 Å². The van der Waals surface area contributed by atoms with Crippen LogP contribution in [0.25, 0.3) is 0 Å². The minimum Gasteiger partial charge on any atom is -0.462 e. The van der Waals surface area contributed by atoms with Gasteiger partial charge in [-0.05, 0) is 36.2 Å². The summed E-state index contributed by atoms with van der Waals surface area (Å²) in [5, 5.41) is 0.667. The zero-order chi connectivity index (χ0) is 23.0. The fourth-order valence-corrected chi connectivity index (χ4v) is 3.61. The smallest absolute Gasteiger partial charge is 0.339 e. The maximum atomic E-state index is 12.5. The van der Waals surface area contributed by atoms with Crippen LogP contribution in [-0.4, -0.2) is 25.2 Å². The predicted octanol–water partition coefficient (Wildman–Crippen LogP) is 7.43. The molecule has 0 saturated carbocycles. The van der Waals surface area contributed by atoms with E-state index in [2.05, 4.69) is 6.92 Å². The quantitative estimate of drug-likeness (QED) is 0.206. The summed E-state index contributed by atoms with van der Waals surface area (Å²) in [6, 6.07) is 14.0. The van der Waals surface area contributed by atoms with Crippen LogP contribution in [-0.2, 0) is 15.9 Å². The largest absolute Gasteiger partial charge is 0.462 e. The van der Waals surface area contributed by atoms with E-state index in [1.807, 2.05) is 12.1 Å². The summed E-state index contributed by atoms with van der Waals surface area (Å²) in [7, 11) is 0. The van der Waals surface area contributed by atoms with Crippen molar-refractivity contribution in [2.45, 2.75) is 71.1 Å². The molecule has 2 aromatic rings. The average Bonchev–Trinajstić information content (AvgIpc) is 2.81. The van der Waals surface area contributed by atoms with E-state index in [4.69, 9.17) is 21.1 Å². The van der Waals surface area contributed by atoms with Gasteiger partial charge in [0.25, 0.3) is 0 Å². The molecule has 0 unspecified atom stereocenters. The van der Waals surface area contributed by atoms with Gasteiger partial charge in [0.1, 0.15) is 0 Å². The number of ether oxygens (including phenoxy) is 2. The van der Waals surface area contributed by atoms with Crippen LogP contribution in [0.15, 0.2) is 48.5 Å². The lowest BCUT2D eigenvalue weighted by molar-refractivity contribution is 0.0455. The maximum Gasteiger partial charge on any atom is 0.339 e. The molecule has 5 heteroatoms. The Bertz CT molecular complexity index is 817. The molecule has 0 aliphatic carbocycles. The van der Waals surface area contributed by atoms with Crippen molar-refractivity contribution < 1.29 is 19.1 Å². The molecule has 2 aromatic carbocycles. The SMILES string of the molecule is CCCCCCCCCCCOC(=O)c1ccccc1C(=O)OCCc1ccc(Cl)cc1. The second-order valence-corrected chi connectivity index (χ2v) is 8.46. The Labute approximate surface area is 197 Å². The van der Waals surface area contributed by atoms with Crippen LogP contribution in [0.3, 0.4) is 0 Å². The molecule has 4 nitrogen and oxygen atoms in total. The molecule has 0 spiro atoms. The Hall–Kier alpha value is -2.33. The van der Waals surface area contributed by atoms with Gasteiger partial charge in [-0.1, -0.05) is 94.2 Å². The minimum atomic E-state index is -0.519. The molecule has 32 heavy (non-hydrogen) atoms. The highest BCUT2D eigenvalue weighted by Gasteiger charge is 2.18. The van der Waals surface area contributed by atoms with Gasteiger partial charge in [-0.15, -0.1) is 0 Å². The molecular formula is C27H35ClO4. The molecule has 0 fully saturated rings. The Kier molecular flexibility index (Phi) is 12.5. The molecule has 0 saturated heterocycles. The first-order valence-corrected chi connectivity index (χ1v) is 12.2. The summed E-state index contributed by atoms with van der Waals surface area (Å²) in [4.78, 5) is 25.0. The third kappa shape index (κ3) is 9.86. The van der Waals surface area contributed by atoms with Gasteiger partial charge < -0.3 is 9.47 Å². The molecule has 0 heterocycles. The van der Waals surface area contributed by atoms with Gasteiger partial charge in [0.05, 0.1) is 24.3 Å². The molecule has 0 radical (unpaired) electrons. The number of esters is 2. The number of hydrogen-bond donors (Lipinski definition) is 0. The lowest BCUT2D eigenvalue weighted by Crippen LogP contribution is -2.15. The van der Waals surface area contributed by atoms with Crippen LogP contribution in [0.4, 0.5) is 0 Å². The zero-order valence-electron chi connectivity index (χ0n) is 19.1. The highest BCUT2D eigenvalue weighted by Crippen LogP contribution is 2.15. The maximum absolute atomic E-state index is 12.5. The molecule has 174 valence electrons. The molecular weight excluding hydrogens is 424 g/mol. The second-order valence-electron chi connectivity index (χ2n) is 8.02. The predicted molar refractivity (Wildman–Crippen MR) is 129 cm³/mol. The van der Waals surface area contributed by atoms with Gasteiger partial charge in [-0.2, -0.15) is 0 Å². The molecule has 2 rings (SSSR count). The van der Waals surface area contributed by atoms with Crippen molar-refractivity contribution >= 4 is 23.5 Å². The van der Waals surface area contributed by atoms with Gasteiger partial charge in [0.2, 0.25) is 0 Å².